The molecule has 2 aliphatic carbocycles. The van der Waals surface area contributed by atoms with Crippen molar-refractivity contribution in [1.29, 1.82) is 0 Å². The number of allylic oxidation sites excluding steroid dienone is 2. The van der Waals surface area contributed by atoms with Crippen LogP contribution in [0.3, 0.4) is 0 Å². The van der Waals surface area contributed by atoms with E-state index in [1.807, 2.05) is 6.92 Å². The molecule has 0 aromatic carbocycles. The molecule has 0 saturated heterocycles. The lowest BCUT2D eigenvalue weighted by atomic mass is 9.54. The van der Waals surface area contributed by atoms with Gasteiger partial charge in [-0.15, -0.1) is 0 Å². The number of carboxylic acids is 1. The normalized spacial score (nSPS) is 40.3. The molecule has 0 spiro atoms. The highest BCUT2D eigenvalue weighted by atomic mass is 16.4. The van der Waals surface area contributed by atoms with E-state index in [1.54, 1.807) is 0 Å². The number of aliphatic carboxylic acids is 1. The summed E-state index contributed by atoms with van der Waals surface area (Å²) in [5, 5.41) is 9.61. The van der Waals surface area contributed by atoms with Crippen molar-refractivity contribution < 1.29 is 9.90 Å². The van der Waals surface area contributed by atoms with Gasteiger partial charge < -0.3 is 5.11 Å². The highest BCUT2D eigenvalue weighted by Crippen LogP contribution is 2.53. The van der Waals surface area contributed by atoms with Crippen LogP contribution >= 0.6 is 0 Å². The molecule has 2 rings (SSSR count). The molecule has 1 saturated carbocycles. The lowest BCUT2D eigenvalue weighted by Crippen LogP contribution is -2.47. The van der Waals surface area contributed by atoms with Crippen molar-refractivity contribution in [3.63, 3.8) is 0 Å². The Morgan fingerprint density at radius 1 is 1.44 bits per heavy atom. The van der Waals surface area contributed by atoms with Gasteiger partial charge in [-0.3, -0.25) is 4.79 Å². The Labute approximate surface area is 110 Å². The summed E-state index contributed by atoms with van der Waals surface area (Å²) in [7, 11) is 0. The summed E-state index contributed by atoms with van der Waals surface area (Å²) in [6, 6.07) is 0. The van der Waals surface area contributed by atoms with Crippen molar-refractivity contribution in [3.8, 4) is 0 Å². The van der Waals surface area contributed by atoms with Gasteiger partial charge in [0, 0.05) is 0 Å². The van der Waals surface area contributed by atoms with E-state index < -0.39 is 11.4 Å². The standard InChI is InChI=1S/C16H26O2/c1-10(2)12-7-8-16(4,15(17)18)14-6-5-11(3)9-13(12)14/h9-10,12-14H,5-8H2,1-4H3,(H,17,18)/t12-,13+,14-,16+/m1/s1. The average Bonchev–Trinajstić information content (AvgIpc) is 2.28. The molecule has 1 N–H and O–H groups in total. The third kappa shape index (κ3) is 2.10. The smallest absolute Gasteiger partial charge is 0.309 e. The van der Waals surface area contributed by atoms with Crippen molar-refractivity contribution in [2.75, 3.05) is 0 Å². The van der Waals surface area contributed by atoms with Gasteiger partial charge in [-0.25, -0.2) is 0 Å². The Balaban J connectivity index is 2.35. The van der Waals surface area contributed by atoms with Gasteiger partial charge in [0.25, 0.3) is 0 Å². The third-order valence-electron chi connectivity index (χ3n) is 5.45. The van der Waals surface area contributed by atoms with Gasteiger partial charge in [-0.2, -0.15) is 0 Å². The first-order chi connectivity index (χ1) is 8.36. The van der Waals surface area contributed by atoms with E-state index in [0.717, 1.165) is 25.7 Å². The Kier molecular flexibility index (Phi) is 3.57. The number of hydrogen-bond donors (Lipinski definition) is 1. The van der Waals surface area contributed by atoms with Gasteiger partial charge in [0.1, 0.15) is 0 Å². The molecule has 0 radical (unpaired) electrons. The van der Waals surface area contributed by atoms with Crippen LogP contribution in [-0.4, -0.2) is 11.1 Å². The molecule has 2 heteroatoms. The van der Waals surface area contributed by atoms with E-state index in [9.17, 15) is 9.90 Å². The quantitative estimate of drug-likeness (QED) is 0.749. The molecule has 0 unspecified atom stereocenters. The Bertz CT molecular complexity index is 369. The van der Waals surface area contributed by atoms with E-state index in [4.69, 9.17) is 0 Å². The summed E-state index contributed by atoms with van der Waals surface area (Å²) in [4.78, 5) is 11.7. The lowest BCUT2D eigenvalue weighted by Gasteiger charge is -2.49. The fraction of sp³-hybridized carbons (Fsp3) is 0.812. The molecule has 18 heavy (non-hydrogen) atoms. The molecule has 0 aromatic heterocycles. The number of carboxylic acid groups (broad SMARTS) is 1. The summed E-state index contributed by atoms with van der Waals surface area (Å²) < 4.78 is 0. The maximum atomic E-state index is 11.7. The van der Waals surface area contributed by atoms with Gasteiger partial charge in [0.15, 0.2) is 0 Å². The predicted molar refractivity (Wildman–Crippen MR) is 73.3 cm³/mol. The maximum absolute atomic E-state index is 11.7. The lowest BCUT2D eigenvalue weighted by molar-refractivity contribution is -0.157. The number of hydrogen-bond acceptors (Lipinski definition) is 1. The number of rotatable bonds is 2. The number of carbonyl (C=O) groups is 1. The topological polar surface area (TPSA) is 37.3 Å². The molecule has 1 fully saturated rings. The first kappa shape index (κ1) is 13.6. The predicted octanol–water partition coefficient (Wildman–Crippen LogP) is 4.12. The SMILES string of the molecule is CC1=C[C@H]2[C@@H](C(C)C)CC[C@](C)(C(=O)O)[C@@H]2CC1. The van der Waals surface area contributed by atoms with Crippen LogP contribution in [-0.2, 0) is 4.79 Å². The molecule has 0 heterocycles. The molecule has 2 nitrogen and oxygen atoms in total. The van der Waals surface area contributed by atoms with Gasteiger partial charge >= 0.3 is 5.97 Å². The minimum atomic E-state index is -0.590. The van der Waals surface area contributed by atoms with Gasteiger partial charge in [0.05, 0.1) is 5.41 Å². The maximum Gasteiger partial charge on any atom is 0.309 e. The molecule has 0 bridgehead atoms. The zero-order chi connectivity index (χ0) is 13.5. The molecule has 0 aromatic rings. The molecular weight excluding hydrogens is 224 g/mol. The highest BCUT2D eigenvalue weighted by Gasteiger charge is 2.51. The Hall–Kier alpha value is -0.790. The Morgan fingerprint density at radius 3 is 2.67 bits per heavy atom. The second-order valence-corrected chi connectivity index (χ2v) is 6.90. The average molecular weight is 250 g/mol. The minimum Gasteiger partial charge on any atom is -0.481 e. The van der Waals surface area contributed by atoms with Crippen LogP contribution in [0.2, 0.25) is 0 Å². The highest BCUT2D eigenvalue weighted by molar-refractivity contribution is 5.75. The number of fused-ring (bicyclic) bond motifs is 1. The van der Waals surface area contributed by atoms with Crippen molar-refractivity contribution in [2.45, 2.75) is 53.4 Å². The van der Waals surface area contributed by atoms with Crippen LogP contribution in [0.1, 0.15) is 53.4 Å². The van der Waals surface area contributed by atoms with Crippen LogP contribution in [0.15, 0.2) is 11.6 Å². The van der Waals surface area contributed by atoms with Crippen molar-refractivity contribution in [2.24, 2.45) is 29.1 Å². The van der Waals surface area contributed by atoms with Crippen LogP contribution in [0.25, 0.3) is 0 Å². The molecule has 0 aliphatic heterocycles. The largest absolute Gasteiger partial charge is 0.481 e. The molecule has 2 aliphatic rings. The van der Waals surface area contributed by atoms with Gasteiger partial charge in [-0.05, 0) is 63.2 Å². The second kappa shape index (κ2) is 4.71. The van der Waals surface area contributed by atoms with E-state index in [1.165, 1.54) is 5.57 Å². The zero-order valence-corrected chi connectivity index (χ0v) is 12.1. The van der Waals surface area contributed by atoms with Gasteiger partial charge in [-0.1, -0.05) is 25.5 Å². The minimum absolute atomic E-state index is 0.333. The Morgan fingerprint density at radius 2 is 2.11 bits per heavy atom. The van der Waals surface area contributed by atoms with E-state index in [0.29, 0.717) is 23.7 Å². The summed E-state index contributed by atoms with van der Waals surface area (Å²) in [5.41, 5.74) is 0.948. The van der Waals surface area contributed by atoms with E-state index >= 15 is 0 Å². The fourth-order valence-corrected chi connectivity index (χ4v) is 4.16. The van der Waals surface area contributed by atoms with Crippen LogP contribution in [0, 0.1) is 29.1 Å². The van der Waals surface area contributed by atoms with Crippen molar-refractivity contribution in [1.82, 2.24) is 0 Å². The van der Waals surface area contributed by atoms with Crippen LogP contribution < -0.4 is 0 Å². The second-order valence-electron chi connectivity index (χ2n) is 6.90. The first-order valence-corrected chi connectivity index (χ1v) is 7.27. The first-order valence-electron chi connectivity index (χ1n) is 7.27. The summed E-state index contributed by atoms with van der Waals surface area (Å²) in [6.07, 6.45) is 6.43. The van der Waals surface area contributed by atoms with Crippen LogP contribution in [0.4, 0.5) is 0 Å². The van der Waals surface area contributed by atoms with Crippen molar-refractivity contribution in [3.05, 3.63) is 11.6 Å². The summed E-state index contributed by atoms with van der Waals surface area (Å²) in [6.45, 7) is 8.73. The summed E-state index contributed by atoms with van der Waals surface area (Å²) in [5.74, 6) is 1.54. The fourth-order valence-electron chi connectivity index (χ4n) is 4.16. The molecule has 102 valence electrons. The third-order valence-corrected chi connectivity index (χ3v) is 5.45. The monoisotopic (exact) mass is 250 g/mol. The molecule has 4 atom stereocenters. The molecule has 0 amide bonds. The van der Waals surface area contributed by atoms with Crippen LogP contribution in [0.5, 0.6) is 0 Å². The van der Waals surface area contributed by atoms with E-state index in [-0.39, 0.29) is 0 Å². The zero-order valence-electron chi connectivity index (χ0n) is 12.1. The summed E-state index contributed by atoms with van der Waals surface area (Å²) >= 11 is 0. The van der Waals surface area contributed by atoms with Crippen molar-refractivity contribution >= 4 is 5.97 Å². The van der Waals surface area contributed by atoms with Gasteiger partial charge in [0.2, 0.25) is 0 Å². The van der Waals surface area contributed by atoms with E-state index in [2.05, 4.69) is 26.8 Å². The molecular formula is C16H26O2.